The van der Waals surface area contributed by atoms with Crippen LogP contribution in [0.1, 0.15) is 26.2 Å². The molecule has 1 saturated carbocycles. The summed E-state index contributed by atoms with van der Waals surface area (Å²) in [4.78, 5) is 11.1. The minimum Gasteiger partial charge on any atom is -0.298 e. The van der Waals surface area contributed by atoms with Crippen molar-refractivity contribution in [3.63, 3.8) is 0 Å². The SMILES string of the molecule is CC1(Br)CCCC(=O)C1Br. The molecular weight excluding hydrogens is 260 g/mol. The topological polar surface area (TPSA) is 17.1 Å². The highest BCUT2D eigenvalue weighted by Gasteiger charge is 2.37. The van der Waals surface area contributed by atoms with Crippen LogP contribution in [0.5, 0.6) is 0 Å². The number of hydrogen-bond donors (Lipinski definition) is 0. The van der Waals surface area contributed by atoms with E-state index in [1.165, 1.54) is 0 Å². The summed E-state index contributed by atoms with van der Waals surface area (Å²) < 4.78 is -0.0116. The van der Waals surface area contributed by atoms with Gasteiger partial charge in [-0.25, -0.2) is 0 Å². The molecule has 0 N–H and O–H groups in total. The van der Waals surface area contributed by atoms with E-state index in [0.717, 1.165) is 19.3 Å². The summed E-state index contributed by atoms with van der Waals surface area (Å²) in [5.74, 6) is 0.325. The standard InChI is InChI=1S/C7H10Br2O/c1-7(9)4-2-3-5(10)6(7)8/h6H,2-4H2,1H3. The van der Waals surface area contributed by atoms with Crippen molar-refractivity contribution in [2.45, 2.75) is 35.3 Å². The van der Waals surface area contributed by atoms with E-state index in [4.69, 9.17) is 0 Å². The Kier molecular flexibility index (Phi) is 2.56. The molecular formula is C7H10Br2O. The predicted molar refractivity (Wildman–Crippen MR) is 48.9 cm³/mol. The van der Waals surface area contributed by atoms with Gasteiger partial charge in [0.05, 0.1) is 4.83 Å². The molecule has 0 heterocycles. The lowest BCUT2D eigenvalue weighted by molar-refractivity contribution is -0.120. The predicted octanol–water partition coefficient (Wildman–Crippen LogP) is 2.66. The van der Waals surface area contributed by atoms with Gasteiger partial charge in [-0.3, -0.25) is 4.79 Å². The van der Waals surface area contributed by atoms with Gasteiger partial charge in [-0.2, -0.15) is 0 Å². The first-order valence-electron chi connectivity index (χ1n) is 3.40. The normalized spacial score (nSPS) is 41.9. The average molecular weight is 270 g/mol. The first-order chi connectivity index (χ1) is 4.54. The number of Topliss-reactive ketones (excluding diaryl/α,β-unsaturated/α-hetero) is 1. The lowest BCUT2D eigenvalue weighted by Crippen LogP contribution is -2.38. The van der Waals surface area contributed by atoms with E-state index in [1.54, 1.807) is 0 Å². The highest BCUT2D eigenvalue weighted by atomic mass is 79.9. The Labute approximate surface area is 77.8 Å². The van der Waals surface area contributed by atoms with E-state index in [0.29, 0.717) is 5.78 Å². The number of halogens is 2. The summed E-state index contributed by atoms with van der Waals surface area (Å²) >= 11 is 6.91. The molecule has 0 amide bonds. The van der Waals surface area contributed by atoms with Crippen LogP contribution < -0.4 is 0 Å². The fraction of sp³-hybridized carbons (Fsp3) is 0.857. The number of carbonyl (C=O) groups is 1. The van der Waals surface area contributed by atoms with Crippen molar-refractivity contribution in [3.05, 3.63) is 0 Å². The lowest BCUT2D eigenvalue weighted by atomic mass is 9.89. The van der Waals surface area contributed by atoms with Crippen LogP contribution in [0.2, 0.25) is 0 Å². The van der Waals surface area contributed by atoms with Crippen LogP contribution in [-0.4, -0.2) is 14.9 Å². The number of rotatable bonds is 0. The maximum atomic E-state index is 11.1. The van der Waals surface area contributed by atoms with Crippen molar-refractivity contribution in [3.8, 4) is 0 Å². The smallest absolute Gasteiger partial charge is 0.147 e. The third-order valence-corrected chi connectivity index (χ3v) is 4.89. The molecule has 0 spiro atoms. The van der Waals surface area contributed by atoms with Gasteiger partial charge in [-0.1, -0.05) is 31.9 Å². The van der Waals surface area contributed by atoms with Crippen molar-refractivity contribution in [1.29, 1.82) is 0 Å². The lowest BCUT2D eigenvalue weighted by Gasteiger charge is -2.31. The third-order valence-electron chi connectivity index (χ3n) is 1.90. The Bertz CT molecular complexity index is 154. The van der Waals surface area contributed by atoms with Crippen molar-refractivity contribution in [1.82, 2.24) is 0 Å². The van der Waals surface area contributed by atoms with E-state index in [1.807, 2.05) is 0 Å². The van der Waals surface area contributed by atoms with E-state index in [2.05, 4.69) is 38.8 Å². The molecule has 1 rings (SSSR count). The molecule has 1 fully saturated rings. The van der Waals surface area contributed by atoms with Gasteiger partial charge >= 0.3 is 0 Å². The summed E-state index contributed by atoms with van der Waals surface area (Å²) in [6, 6.07) is 0. The maximum absolute atomic E-state index is 11.1. The molecule has 2 atom stereocenters. The summed E-state index contributed by atoms with van der Waals surface area (Å²) in [5, 5.41) is 0. The van der Waals surface area contributed by atoms with E-state index in [9.17, 15) is 4.79 Å². The van der Waals surface area contributed by atoms with Crippen LogP contribution in [-0.2, 0) is 4.79 Å². The van der Waals surface area contributed by atoms with E-state index < -0.39 is 0 Å². The number of ketones is 1. The Morgan fingerprint density at radius 2 is 2.30 bits per heavy atom. The second-order valence-corrected chi connectivity index (χ2v) is 5.69. The number of alkyl halides is 2. The van der Waals surface area contributed by atoms with Gasteiger partial charge in [-0.05, 0) is 19.8 Å². The van der Waals surface area contributed by atoms with Gasteiger partial charge in [0.25, 0.3) is 0 Å². The molecule has 10 heavy (non-hydrogen) atoms. The van der Waals surface area contributed by atoms with Gasteiger partial charge in [0, 0.05) is 10.7 Å². The molecule has 0 aliphatic heterocycles. The van der Waals surface area contributed by atoms with Crippen molar-refractivity contribution < 1.29 is 4.79 Å². The molecule has 1 nitrogen and oxygen atoms in total. The molecule has 0 aromatic carbocycles. The van der Waals surface area contributed by atoms with Gasteiger partial charge < -0.3 is 0 Å². The zero-order valence-electron chi connectivity index (χ0n) is 5.86. The largest absolute Gasteiger partial charge is 0.298 e. The fourth-order valence-electron chi connectivity index (χ4n) is 1.20. The number of carbonyl (C=O) groups excluding carboxylic acids is 1. The summed E-state index contributed by atoms with van der Waals surface area (Å²) in [7, 11) is 0. The Balaban J connectivity index is 2.69. The van der Waals surface area contributed by atoms with Crippen molar-refractivity contribution in [2.75, 3.05) is 0 Å². The van der Waals surface area contributed by atoms with Gasteiger partial charge in [0.15, 0.2) is 0 Å². The monoisotopic (exact) mass is 268 g/mol. The molecule has 0 bridgehead atoms. The van der Waals surface area contributed by atoms with Crippen molar-refractivity contribution in [2.24, 2.45) is 0 Å². The maximum Gasteiger partial charge on any atom is 0.147 e. The van der Waals surface area contributed by atoms with Crippen LogP contribution >= 0.6 is 31.9 Å². The quantitative estimate of drug-likeness (QED) is 0.618. The molecule has 0 aromatic rings. The highest BCUT2D eigenvalue weighted by Crippen LogP contribution is 2.37. The van der Waals surface area contributed by atoms with Gasteiger partial charge in [0.2, 0.25) is 0 Å². The highest BCUT2D eigenvalue weighted by molar-refractivity contribution is 9.12. The van der Waals surface area contributed by atoms with Crippen LogP contribution in [0.3, 0.4) is 0 Å². The Morgan fingerprint density at radius 3 is 2.70 bits per heavy atom. The molecule has 2 unspecified atom stereocenters. The van der Waals surface area contributed by atoms with E-state index in [-0.39, 0.29) is 9.15 Å². The minimum atomic E-state index is -0.0116. The van der Waals surface area contributed by atoms with Crippen LogP contribution in [0.25, 0.3) is 0 Å². The van der Waals surface area contributed by atoms with Gasteiger partial charge in [0.1, 0.15) is 5.78 Å². The van der Waals surface area contributed by atoms with Crippen LogP contribution in [0.15, 0.2) is 0 Å². The fourth-order valence-corrected chi connectivity index (χ4v) is 2.19. The average Bonchev–Trinajstić information content (AvgIpc) is 1.83. The first-order valence-corrected chi connectivity index (χ1v) is 5.10. The van der Waals surface area contributed by atoms with Crippen molar-refractivity contribution >= 4 is 37.6 Å². The zero-order valence-corrected chi connectivity index (χ0v) is 9.03. The van der Waals surface area contributed by atoms with Crippen LogP contribution in [0, 0.1) is 0 Å². The minimum absolute atomic E-state index is 0.00810. The van der Waals surface area contributed by atoms with Crippen LogP contribution in [0.4, 0.5) is 0 Å². The summed E-state index contributed by atoms with van der Waals surface area (Å²) in [6.45, 7) is 2.06. The molecule has 0 saturated heterocycles. The van der Waals surface area contributed by atoms with Gasteiger partial charge in [-0.15, -0.1) is 0 Å². The molecule has 1 aliphatic rings. The molecule has 1 aliphatic carbocycles. The van der Waals surface area contributed by atoms with E-state index >= 15 is 0 Å². The Hall–Kier alpha value is 0.630. The second-order valence-electron chi connectivity index (χ2n) is 2.96. The molecule has 3 heteroatoms. The molecule has 0 aromatic heterocycles. The summed E-state index contributed by atoms with van der Waals surface area (Å²) in [5.41, 5.74) is 0. The molecule has 58 valence electrons. The molecule has 0 radical (unpaired) electrons. The summed E-state index contributed by atoms with van der Waals surface area (Å²) in [6.07, 6.45) is 2.83. The second kappa shape index (κ2) is 2.94. The third kappa shape index (κ3) is 1.62. The Morgan fingerprint density at radius 1 is 1.70 bits per heavy atom. The zero-order chi connectivity index (χ0) is 7.78. The number of hydrogen-bond acceptors (Lipinski definition) is 1. The first kappa shape index (κ1) is 8.72.